The van der Waals surface area contributed by atoms with Gasteiger partial charge in [0, 0.05) is 4.90 Å². The molecule has 146 valence electrons. The van der Waals surface area contributed by atoms with Crippen LogP contribution in [0.1, 0.15) is 0 Å². The van der Waals surface area contributed by atoms with Gasteiger partial charge in [-0.2, -0.15) is 26.3 Å². The number of hydrogen-bond donors (Lipinski definition) is 1. The number of hydrogen-bond acceptors (Lipinski definition) is 6. The number of amides is 1. The van der Waals surface area contributed by atoms with Crippen LogP contribution >= 0.6 is 11.8 Å². The van der Waals surface area contributed by atoms with E-state index in [1.165, 1.54) is 0 Å². The number of sulfone groups is 1. The molecule has 1 aliphatic heterocycles. The van der Waals surface area contributed by atoms with Gasteiger partial charge >= 0.3 is 11.0 Å². The first kappa shape index (κ1) is 20.8. The Morgan fingerprint density at radius 3 is 2.31 bits per heavy atom. The zero-order valence-electron chi connectivity index (χ0n) is 12.3. The third-order valence-corrected chi connectivity index (χ3v) is 5.40. The van der Waals surface area contributed by atoms with Gasteiger partial charge in [-0.15, -0.1) is 0 Å². The molecule has 1 heterocycles. The molecule has 1 aromatic rings. The number of ether oxygens (including phenoxy) is 1. The van der Waals surface area contributed by atoms with Crippen molar-refractivity contribution < 1.29 is 49.4 Å². The SMILES string of the molecule is O=C1C(CO)OCN1c1ccc(SC(F)(F)F)cc1S(=O)(=O)C(F)(F)F. The average Bonchev–Trinajstić information content (AvgIpc) is 2.85. The summed E-state index contributed by atoms with van der Waals surface area (Å²) in [6.07, 6.45) is -1.42. The molecule has 6 nitrogen and oxygen atoms in total. The van der Waals surface area contributed by atoms with E-state index in [0.717, 1.165) is 6.07 Å². The topological polar surface area (TPSA) is 83.9 Å². The second-order valence-corrected chi connectivity index (χ2v) is 7.91. The minimum absolute atomic E-state index is 0.190. The molecule has 1 saturated heterocycles. The van der Waals surface area contributed by atoms with E-state index < -0.39 is 73.4 Å². The number of alkyl halides is 6. The van der Waals surface area contributed by atoms with Gasteiger partial charge in [0.05, 0.1) is 12.3 Å². The van der Waals surface area contributed by atoms with E-state index in [1.54, 1.807) is 0 Å². The van der Waals surface area contributed by atoms with E-state index in [4.69, 9.17) is 9.84 Å². The van der Waals surface area contributed by atoms with Crippen molar-refractivity contribution in [1.82, 2.24) is 0 Å². The van der Waals surface area contributed by atoms with Gasteiger partial charge < -0.3 is 9.84 Å². The molecule has 1 aliphatic rings. The van der Waals surface area contributed by atoms with Crippen molar-refractivity contribution in [3.8, 4) is 0 Å². The molecule has 1 amide bonds. The normalized spacial score (nSPS) is 19.3. The number of thioether (sulfide) groups is 1. The molecule has 26 heavy (non-hydrogen) atoms. The largest absolute Gasteiger partial charge is 0.501 e. The van der Waals surface area contributed by atoms with Gasteiger partial charge in [-0.25, -0.2) is 8.42 Å². The van der Waals surface area contributed by atoms with Crippen molar-refractivity contribution in [2.75, 3.05) is 18.2 Å². The third kappa shape index (κ3) is 4.07. The van der Waals surface area contributed by atoms with E-state index in [1.807, 2.05) is 0 Å². The van der Waals surface area contributed by atoms with Crippen LogP contribution in [-0.4, -0.2) is 49.9 Å². The number of aliphatic hydroxyl groups is 1. The van der Waals surface area contributed by atoms with E-state index in [9.17, 15) is 39.6 Å². The highest BCUT2D eigenvalue weighted by Gasteiger charge is 2.49. The Labute approximate surface area is 146 Å². The summed E-state index contributed by atoms with van der Waals surface area (Å²) >= 11 is -0.808. The predicted octanol–water partition coefficient (Wildman–Crippen LogP) is 2.27. The van der Waals surface area contributed by atoms with Gasteiger partial charge in [-0.05, 0) is 30.0 Å². The number of aliphatic hydroxyl groups excluding tert-OH is 1. The van der Waals surface area contributed by atoms with Crippen LogP contribution < -0.4 is 4.90 Å². The fraction of sp³-hybridized carbons (Fsp3) is 0.417. The Hall–Kier alpha value is -1.51. The number of anilines is 1. The molecule has 0 spiro atoms. The van der Waals surface area contributed by atoms with Crippen molar-refractivity contribution in [2.45, 2.75) is 26.9 Å². The monoisotopic (exact) mass is 425 g/mol. The van der Waals surface area contributed by atoms with Crippen LogP contribution in [-0.2, 0) is 19.4 Å². The zero-order chi connectivity index (χ0) is 19.9. The number of halogens is 6. The molecule has 0 bridgehead atoms. The molecule has 14 heteroatoms. The zero-order valence-corrected chi connectivity index (χ0v) is 14.0. The molecule has 1 fully saturated rings. The van der Waals surface area contributed by atoms with Gasteiger partial charge in [0.25, 0.3) is 15.7 Å². The van der Waals surface area contributed by atoms with Crippen molar-refractivity contribution >= 4 is 33.2 Å². The van der Waals surface area contributed by atoms with Gasteiger partial charge in [0.1, 0.15) is 11.6 Å². The molecular weight excluding hydrogens is 416 g/mol. The first-order chi connectivity index (χ1) is 11.8. The smallest absolute Gasteiger partial charge is 0.393 e. The van der Waals surface area contributed by atoms with E-state index >= 15 is 0 Å². The Morgan fingerprint density at radius 2 is 1.85 bits per heavy atom. The Morgan fingerprint density at radius 1 is 1.23 bits per heavy atom. The van der Waals surface area contributed by atoms with Crippen molar-refractivity contribution in [1.29, 1.82) is 0 Å². The Bertz CT molecular complexity index is 807. The van der Waals surface area contributed by atoms with Gasteiger partial charge in [0.15, 0.2) is 6.10 Å². The molecule has 2 rings (SSSR count). The summed E-state index contributed by atoms with van der Waals surface area (Å²) in [7, 11) is -6.06. The minimum Gasteiger partial charge on any atom is -0.393 e. The van der Waals surface area contributed by atoms with Crippen LogP contribution in [0.2, 0.25) is 0 Å². The second-order valence-electron chi connectivity index (χ2n) is 4.86. The molecule has 0 radical (unpaired) electrons. The number of carbonyl (C=O) groups excluding carboxylic acids is 1. The van der Waals surface area contributed by atoms with Crippen LogP contribution in [0.15, 0.2) is 28.0 Å². The fourth-order valence-corrected chi connectivity index (χ4v) is 3.69. The summed E-state index contributed by atoms with van der Waals surface area (Å²) < 4.78 is 104. The fourth-order valence-electron chi connectivity index (χ4n) is 2.05. The minimum atomic E-state index is -6.06. The van der Waals surface area contributed by atoms with Crippen molar-refractivity contribution in [3.05, 3.63) is 18.2 Å². The summed E-state index contributed by atoms with van der Waals surface area (Å²) in [5, 5.41) is 8.93. The lowest BCUT2D eigenvalue weighted by Crippen LogP contribution is -2.33. The van der Waals surface area contributed by atoms with Crippen molar-refractivity contribution in [3.63, 3.8) is 0 Å². The Kier molecular flexibility index (Phi) is 5.52. The van der Waals surface area contributed by atoms with Gasteiger partial charge in [-0.1, -0.05) is 0 Å². The lowest BCUT2D eigenvalue weighted by molar-refractivity contribution is -0.123. The van der Waals surface area contributed by atoms with E-state index in [0.29, 0.717) is 11.0 Å². The van der Waals surface area contributed by atoms with Crippen LogP contribution in [0, 0.1) is 0 Å². The number of rotatable bonds is 4. The standard InChI is InChI=1S/C12H9F6NO5S2/c13-11(14,15)25-6-1-2-7(19-5-24-8(4-20)10(19)21)9(3-6)26(22,23)12(16,17)18/h1-3,8,20H,4-5H2. The van der Waals surface area contributed by atoms with Crippen molar-refractivity contribution in [2.24, 2.45) is 0 Å². The maximum atomic E-state index is 12.9. The molecule has 0 aromatic heterocycles. The summed E-state index contributed by atoms with van der Waals surface area (Å²) in [4.78, 5) is 10.1. The van der Waals surface area contributed by atoms with E-state index in [2.05, 4.69) is 0 Å². The molecule has 1 N–H and O–H groups in total. The molecule has 1 unspecified atom stereocenters. The second kappa shape index (κ2) is 6.90. The van der Waals surface area contributed by atoms with Gasteiger partial charge in [-0.3, -0.25) is 9.69 Å². The summed E-state index contributed by atoms with van der Waals surface area (Å²) in [5.74, 6) is -1.03. The highest BCUT2D eigenvalue weighted by Crippen LogP contribution is 2.42. The molecular formula is C12H9F6NO5S2. The highest BCUT2D eigenvalue weighted by molar-refractivity contribution is 8.00. The van der Waals surface area contributed by atoms with Crippen LogP contribution in [0.25, 0.3) is 0 Å². The summed E-state index contributed by atoms with van der Waals surface area (Å²) in [5.41, 5.74) is -11.5. The summed E-state index contributed by atoms with van der Waals surface area (Å²) in [6.45, 7) is -1.48. The molecule has 1 atom stereocenters. The predicted molar refractivity (Wildman–Crippen MR) is 75.9 cm³/mol. The van der Waals surface area contributed by atoms with Crippen LogP contribution in [0.4, 0.5) is 32.0 Å². The van der Waals surface area contributed by atoms with E-state index in [-0.39, 0.29) is 6.07 Å². The van der Waals surface area contributed by atoms with Crippen LogP contribution in [0.3, 0.4) is 0 Å². The lowest BCUT2D eigenvalue weighted by atomic mass is 10.2. The first-order valence-electron chi connectivity index (χ1n) is 6.53. The third-order valence-electron chi connectivity index (χ3n) is 3.16. The lowest BCUT2D eigenvalue weighted by Gasteiger charge is -2.20. The first-order valence-corrected chi connectivity index (χ1v) is 8.83. The Balaban J connectivity index is 2.60. The average molecular weight is 425 g/mol. The summed E-state index contributed by atoms with van der Waals surface area (Å²) in [6, 6.07) is 1.56. The molecule has 1 aromatic carbocycles. The quantitative estimate of drug-likeness (QED) is 0.589. The number of carbonyl (C=O) groups is 1. The maximum Gasteiger partial charge on any atom is 0.501 e. The maximum absolute atomic E-state index is 12.9. The molecule has 0 saturated carbocycles. The number of benzene rings is 1. The van der Waals surface area contributed by atoms with Crippen LogP contribution in [0.5, 0.6) is 0 Å². The number of nitrogens with zero attached hydrogens (tertiary/aromatic N) is 1. The highest BCUT2D eigenvalue weighted by atomic mass is 32.2. The van der Waals surface area contributed by atoms with Gasteiger partial charge in [0.2, 0.25) is 0 Å². The molecule has 0 aliphatic carbocycles.